The molecule has 5 nitrogen and oxygen atoms in total. The van der Waals surface area contributed by atoms with E-state index in [0.29, 0.717) is 23.0 Å². The molecule has 3 rings (SSSR count). The molecule has 0 spiro atoms. The van der Waals surface area contributed by atoms with Gasteiger partial charge in [0.15, 0.2) is 0 Å². The summed E-state index contributed by atoms with van der Waals surface area (Å²) in [5, 5.41) is 0. The van der Waals surface area contributed by atoms with Crippen molar-refractivity contribution in [3.05, 3.63) is 29.6 Å². The molecular weight excluding hydrogens is 288 g/mol. The SMILES string of the molecule is CCN(CC)C1CCCC(c2nc3c(C(N)=O)cccc3[nH]2)C1. The fourth-order valence-electron chi connectivity index (χ4n) is 3.93. The lowest BCUT2D eigenvalue weighted by Gasteiger charge is -2.35. The standard InChI is InChI=1S/C18H26N4O/c1-3-22(4-2)13-8-5-7-12(11-13)18-20-15-10-6-9-14(17(19)23)16(15)21-18/h6,9-10,12-13H,3-5,7-8,11H2,1-2H3,(H2,19,23)(H,20,21). The number of hydrogen-bond donors (Lipinski definition) is 2. The van der Waals surface area contributed by atoms with E-state index in [9.17, 15) is 4.79 Å². The zero-order valence-corrected chi connectivity index (χ0v) is 14.0. The van der Waals surface area contributed by atoms with Gasteiger partial charge >= 0.3 is 0 Å². The second-order valence-electron chi connectivity index (χ2n) is 6.43. The van der Waals surface area contributed by atoms with E-state index in [0.717, 1.165) is 37.3 Å². The lowest BCUT2D eigenvalue weighted by Crippen LogP contribution is -2.38. The largest absolute Gasteiger partial charge is 0.366 e. The summed E-state index contributed by atoms with van der Waals surface area (Å²) in [5.74, 6) is 1.02. The normalized spacial score (nSPS) is 21.9. The van der Waals surface area contributed by atoms with E-state index in [4.69, 9.17) is 10.7 Å². The van der Waals surface area contributed by atoms with Gasteiger partial charge in [-0.15, -0.1) is 0 Å². The molecule has 1 heterocycles. The minimum atomic E-state index is -0.418. The van der Waals surface area contributed by atoms with Gasteiger partial charge in [0.2, 0.25) is 0 Å². The number of primary amides is 1. The van der Waals surface area contributed by atoms with Crippen molar-refractivity contribution in [2.45, 2.75) is 51.5 Å². The van der Waals surface area contributed by atoms with Crippen LogP contribution in [0.1, 0.15) is 61.6 Å². The number of nitrogens with two attached hydrogens (primary N) is 1. The Labute approximate surface area is 137 Å². The van der Waals surface area contributed by atoms with Crippen LogP contribution in [0, 0.1) is 0 Å². The maximum Gasteiger partial charge on any atom is 0.250 e. The molecule has 2 aromatic rings. The molecule has 2 atom stereocenters. The van der Waals surface area contributed by atoms with E-state index in [1.807, 2.05) is 12.1 Å². The summed E-state index contributed by atoms with van der Waals surface area (Å²) in [6.45, 7) is 6.65. The number of aromatic amines is 1. The number of carbonyl (C=O) groups excluding carboxylic acids is 1. The van der Waals surface area contributed by atoms with E-state index in [2.05, 4.69) is 23.7 Å². The molecule has 1 aliphatic rings. The molecule has 124 valence electrons. The van der Waals surface area contributed by atoms with E-state index in [1.165, 1.54) is 12.8 Å². The molecule has 5 heteroatoms. The van der Waals surface area contributed by atoms with Crippen molar-refractivity contribution in [3.63, 3.8) is 0 Å². The van der Waals surface area contributed by atoms with Crippen LogP contribution in [0.5, 0.6) is 0 Å². The van der Waals surface area contributed by atoms with Gasteiger partial charge in [-0.25, -0.2) is 4.98 Å². The highest BCUT2D eigenvalue weighted by Gasteiger charge is 2.28. The van der Waals surface area contributed by atoms with Crippen LogP contribution in [-0.2, 0) is 0 Å². The van der Waals surface area contributed by atoms with Crippen LogP contribution in [0.15, 0.2) is 18.2 Å². The van der Waals surface area contributed by atoms with Gasteiger partial charge < -0.3 is 15.6 Å². The highest BCUT2D eigenvalue weighted by atomic mass is 16.1. The quantitative estimate of drug-likeness (QED) is 0.890. The van der Waals surface area contributed by atoms with Gasteiger partial charge in [0.05, 0.1) is 11.1 Å². The van der Waals surface area contributed by atoms with Crippen LogP contribution in [0.2, 0.25) is 0 Å². The Morgan fingerprint density at radius 1 is 1.35 bits per heavy atom. The average molecular weight is 314 g/mol. The van der Waals surface area contributed by atoms with Crippen LogP contribution in [0.3, 0.4) is 0 Å². The topological polar surface area (TPSA) is 75.0 Å². The molecule has 0 radical (unpaired) electrons. The van der Waals surface area contributed by atoms with Gasteiger partial charge in [0.1, 0.15) is 11.3 Å². The minimum absolute atomic E-state index is 0.418. The molecule has 1 fully saturated rings. The first-order valence-corrected chi connectivity index (χ1v) is 8.66. The van der Waals surface area contributed by atoms with Crippen molar-refractivity contribution in [3.8, 4) is 0 Å². The molecule has 1 aliphatic carbocycles. The number of H-pyrrole nitrogens is 1. The highest BCUT2D eigenvalue weighted by molar-refractivity contribution is 6.04. The Morgan fingerprint density at radius 2 is 2.13 bits per heavy atom. The number of imidazole rings is 1. The number of amides is 1. The predicted molar refractivity (Wildman–Crippen MR) is 92.5 cm³/mol. The number of carbonyl (C=O) groups is 1. The van der Waals surface area contributed by atoms with Gasteiger partial charge in [-0.05, 0) is 44.5 Å². The number of nitrogens with one attached hydrogen (secondary N) is 1. The number of rotatable bonds is 5. The molecule has 1 saturated carbocycles. The predicted octanol–water partition coefficient (Wildman–Crippen LogP) is 3.03. The molecule has 0 aliphatic heterocycles. The summed E-state index contributed by atoms with van der Waals surface area (Å²) >= 11 is 0. The first-order chi connectivity index (χ1) is 11.1. The molecule has 2 unspecified atom stereocenters. The van der Waals surface area contributed by atoms with Crippen LogP contribution in [0.4, 0.5) is 0 Å². The number of aromatic nitrogens is 2. The monoisotopic (exact) mass is 314 g/mol. The third kappa shape index (κ3) is 3.11. The Balaban J connectivity index is 1.88. The van der Waals surface area contributed by atoms with Crippen LogP contribution in [0.25, 0.3) is 11.0 Å². The fourth-order valence-corrected chi connectivity index (χ4v) is 3.93. The lowest BCUT2D eigenvalue weighted by atomic mass is 9.84. The van der Waals surface area contributed by atoms with E-state index in [-0.39, 0.29) is 0 Å². The first kappa shape index (κ1) is 16.0. The van der Waals surface area contributed by atoms with Crippen molar-refractivity contribution in [2.24, 2.45) is 5.73 Å². The van der Waals surface area contributed by atoms with E-state index < -0.39 is 5.91 Å². The Morgan fingerprint density at radius 3 is 2.83 bits per heavy atom. The van der Waals surface area contributed by atoms with Crippen LogP contribution >= 0.6 is 0 Å². The van der Waals surface area contributed by atoms with Crippen LogP contribution in [-0.4, -0.2) is 39.9 Å². The molecule has 0 bridgehead atoms. The van der Waals surface area contributed by atoms with E-state index in [1.54, 1.807) is 6.07 Å². The Bertz CT molecular complexity index is 689. The van der Waals surface area contributed by atoms with Crippen LogP contribution < -0.4 is 5.73 Å². The first-order valence-electron chi connectivity index (χ1n) is 8.66. The summed E-state index contributed by atoms with van der Waals surface area (Å²) in [5.41, 5.74) is 7.58. The molecule has 0 saturated heterocycles. The van der Waals surface area contributed by atoms with Gasteiger partial charge in [-0.3, -0.25) is 4.79 Å². The molecular formula is C18H26N4O. The molecule has 3 N–H and O–H groups in total. The highest BCUT2D eigenvalue weighted by Crippen LogP contribution is 2.34. The summed E-state index contributed by atoms with van der Waals surface area (Å²) in [7, 11) is 0. The maximum absolute atomic E-state index is 11.6. The summed E-state index contributed by atoms with van der Waals surface area (Å²) < 4.78 is 0. The van der Waals surface area contributed by atoms with Crippen molar-refractivity contribution < 1.29 is 4.79 Å². The number of para-hydroxylation sites is 1. The molecule has 1 amide bonds. The van der Waals surface area contributed by atoms with Crippen molar-refractivity contribution >= 4 is 16.9 Å². The van der Waals surface area contributed by atoms with Crippen molar-refractivity contribution in [1.82, 2.24) is 14.9 Å². The maximum atomic E-state index is 11.6. The van der Waals surface area contributed by atoms with Crippen molar-refractivity contribution in [2.75, 3.05) is 13.1 Å². The second-order valence-corrected chi connectivity index (χ2v) is 6.43. The molecule has 1 aromatic carbocycles. The van der Waals surface area contributed by atoms with E-state index >= 15 is 0 Å². The summed E-state index contributed by atoms with van der Waals surface area (Å²) in [6.07, 6.45) is 4.79. The average Bonchev–Trinajstić information content (AvgIpc) is 3.00. The third-order valence-electron chi connectivity index (χ3n) is 5.16. The Kier molecular flexibility index (Phi) is 4.66. The molecule has 23 heavy (non-hydrogen) atoms. The number of benzene rings is 1. The van der Waals surface area contributed by atoms with Crippen molar-refractivity contribution in [1.29, 1.82) is 0 Å². The summed E-state index contributed by atoms with van der Waals surface area (Å²) in [4.78, 5) is 22.3. The van der Waals surface area contributed by atoms with Gasteiger partial charge in [-0.1, -0.05) is 26.3 Å². The van der Waals surface area contributed by atoms with Gasteiger partial charge in [0, 0.05) is 12.0 Å². The summed E-state index contributed by atoms with van der Waals surface area (Å²) in [6, 6.07) is 6.19. The second kappa shape index (κ2) is 6.71. The Hall–Kier alpha value is -1.88. The number of fused-ring (bicyclic) bond motifs is 1. The van der Waals surface area contributed by atoms with Gasteiger partial charge in [-0.2, -0.15) is 0 Å². The lowest BCUT2D eigenvalue weighted by molar-refractivity contribution is 0.100. The smallest absolute Gasteiger partial charge is 0.250 e. The minimum Gasteiger partial charge on any atom is -0.366 e. The fraction of sp³-hybridized carbons (Fsp3) is 0.556. The number of hydrogen-bond acceptors (Lipinski definition) is 3. The zero-order valence-electron chi connectivity index (χ0n) is 14.0. The molecule has 1 aromatic heterocycles. The van der Waals surface area contributed by atoms with Gasteiger partial charge in [0.25, 0.3) is 5.91 Å². The zero-order chi connectivity index (χ0) is 16.4. The third-order valence-corrected chi connectivity index (χ3v) is 5.16. The number of nitrogens with zero attached hydrogens (tertiary/aromatic N) is 2.